The van der Waals surface area contributed by atoms with Gasteiger partial charge < -0.3 is 10.6 Å². The molecular weight excluding hydrogens is 302 g/mol. The number of hydrogen-bond donors (Lipinski definition) is 3. The van der Waals surface area contributed by atoms with Gasteiger partial charge in [-0.05, 0) is 36.3 Å². The summed E-state index contributed by atoms with van der Waals surface area (Å²) >= 11 is 0. The lowest BCUT2D eigenvalue weighted by atomic mass is 9.92. The van der Waals surface area contributed by atoms with Gasteiger partial charge in [0.25, 0.3) is 0 Å². The van der Waals surface area contributed by atoms with Crippen molar-refractivity contribution in [1.82, 2.24) is 16.0 Å². The van der Waals surface area contributed by atoms with E-state index in [1.807, 2.05) is 0 Å². The van der Waals surface area contributed by atoms with E-state index in [-0.39, 0.29) is 18.5 Å². The predicted molar refractivity (Wildman–Crippen MR) is 97.9 cm³/mol. The number of carbonyl (C=O) groups is 2. The molecule has 0 unspecified atom stereocenters. The highest BCUT2D eigenvalue weighted by Crippen LogP contribution is 2.25. The van der Waals surface area contributed by atoms with Gasteiger partial charge in [-0.15, -0.1) is 0 Å². The zero-order valence-corrected chi connectivity index (χ0v) is 15.5. The van der Waals surface area contributed by atoms with Crippen LogP contribution in [0.3, 0.4) is 0 Å². The van der Waals surface area contributed by atoms with E-state index in [4.69, 9.17) is 0 Å². The molecule has 2 atom stereocenters. The summed E-state index contributed by atoms with van der Waals surface area (Å²) in [4.78, 5) is 23.2. The molecule has 0 saturated heterocycles. The van der Waals surface area contributed by atoms with Crippen molar-refractivity contribution < 1.29 is 9.59 Å². The maximum Gasteiger partial charge on any atom is 0.321 e. The molecule has 0 aromatic heterocycles. The van der Waals surface area contributed by atoms with Gasteiger partial charge in [-0.3, -0.25) is 10.1 Å². The first-order chi connectivity index (χ1) is 11.4. The molecular formula is C19H31N3O2. The maximum absolute atomic E-state index is 11.8. The molecule has 1 aromatic rings. The van der Waals surface area contributed by atoms with Crippen LogP contribution in [0, 0.1) is 5.92 Å². The van der Waals surface area contributed by atoms with E-state index in [0.717, 1.165) is 12.0 Å². The van der Waals surface area contributed by atoms with Crippen molar-refractivity contribution in [3.8, 4) is 0 Å². The van der Waals surface area contributed by atoms with Crippen molar-refractivity contribution in [2.24, 2.45) is 5.92 Å². The van der Waals surface area contributed by atoms with Crippen molar-refractivity contribution in [1.29, 1.82) is 0 Å². The molecule has 0 aliphatic rings. The fourth-order valence-electron chi connectivity index (χ4n) is 2.58. The topological polar surface area (TPSA) is 70.2 Å². The molecule has 3 N–H and O–H groups in total. The second-order valence-electron chi connectivity index (χ2n) is 6.49. The van der Waals surface area contributed by atoms with Gasteiger partial charge in [0, 0.05) is 12.6 Å². The minimum Gasteiger partial charge on any atom is -0.338 e. The number of imide groups is 1. The Balaban J connectivity index is 2.67. The van der Waals surface area contributed by atoms with E-state index in [1.165, 1.54) is 5.56 Å². The Kier molecular flexibility index (Phi) is 8.47. The number of urea groups is 1. The van der Waals surface area contributed by atoms with Crippen molar-refractivity contribution in [2.45, 2.75) is 53.0 Å². The molecule has 0 fully saturated rings. The second-order valence-corrected chi connectivity index (χ2v) is 6.49. The average Bonchev–Trinajstić information content (AvgIpc) is 2.54. The third-order valence-electron chi connectivity index (χ3n) is 4.22. The maximum atomic E-state index is 11.8. The summed E-state index contributed by atoms with van der Waals surface area (Å²) in [6.07, 6.45) is 1.12. The van der Waals surface area contributed by atoms with Crippen LogP contribution in [-0.2, 0) is 4.79 Å². The summed E-state index contributed by atoms with van der Waals surface area (Å²) in [6.45, 7) is 11.0. The zero-order chi connectivity index (χ0) is 18.1. The second kappa shape index (κ2) is 10.1. The van der Waals surface area contributed by atoms with Crippen LogP contribution in [0.1, 0.15) is 64.1 Å². The Morgan fingerprint density at radius 3 is 2.08 bits per heavy atom. The zero-order valence-electron chi connectivity index (χ0n) is 15.5. The minimum atomic E-state index is -0.455. The Hall–Kier alpha value is -1.88. The molecule has 0 bridgehead atoms. The summed E-state index contributed by atoms with van der Waals surface area (Å²) in [5.74, 6) is 0.548. The first-order valence-corrected chi connectivity index (χ1v) is 8.79. The number of hydrogen-bond acceptors (Lipinski definition) is 3. The van der Waals surface area contributed by atoms with Crippen molar-refractivity contribution in [3.05, 3.63) is 35.4 Å². The number of amides is 3. The van der Waals surface area contributed by atoms with Crippen LogP contribution in [0.25, 0.3) is 0 Å². The molecule has 1 aromatic carbocycles. The van der Waals surface area contributed by atoms with Crippen LogP contribution >= 0.6 is 0 Å². The Morgan fingerprint density at radius 2 is 1.58 bits per heavy atom. The third-order valence-corrected chi connectivity index (χ3v) is 4.22. The summed E-state index contributed by atoms with van der Waals surface area (Å²) in [6, 6.07) is 8.19. The third kappa shape index (κ3) is 6.32. The van der Waals surface area contributed by atoms with Gasteiger partial charge >= 0.3 is 6.03 Å². The first-order valence-electron chi connectivity index (χ1n) is 8.79. The lowest BCUT2D eigenvalue weighted by Gasteiger charge is -2.23. The smallest absolute Gasteiger partial charge is 0.321 e. The highest BCUT2D eigenvalue weighted by Gasteiger charge is 2.17. The van der Waals surface area contributed by atoms with Crippen molar-refractivity contribution >= 4 is 11.9 Å². The summed E-state index contributed by atoms with van der Waals surface area (Å²) in [5.41, 5.74) is 2.49. The van der Waals surface area contributed by atoms with Gasteiger partial charge in [-0.1, -0.05) is 52.0 Å². The monoisotopic (exact) mass is 333 g/mol. The van der Waals surface area contributed by atoms with Crippen LogP contribution in [0.5, 0.6) is 0 Å². The molecule has 5 heteroatoms. The van der Waals surface area contributed by atoms with E-state index >= 15 is 0 Å². The number of carbonyl (C=O) groups excluding carboxylic acids is 2. The quantitative estimate of drug-likeness (QED) is 0.683. The van der Waals surface area contributed by atoms with Gasteiger partial charge in [-0.25, -0.2) is 4.79 Å². The van der Waals surface area contributed by atoms with E-state index in [0.29, 0.717) is 18.4 Å². The molecule has 24 heavy (non-hydrogen) atoms. The molecule has 0 heterocycles. The molecule has 0 spiro atoms. The van der Waals surface area contributed by atoms with Gasteiger partial charge in [0.15, 0.2) is 0 Å². The fraction of sp³-hybridized carbons (Fsp3) is 0.579. The largest absolute Gasteiger partial charge is 0.338 e. The molecule has 0 aliphatic heterocycles. The minimum absolute atomic E-state index is 0.0657. The normalized spacial score (nSPS) is 13.4. The van der Waals surface area contributed by atoms with Gasteiger partial charge in [-0.2, -0.15) is 0 Å². The average molecular weight is 333 g/mol. The van der Waals surface area contributed by atoms with Gasteiger partial charge in [0.2, 0.25) is 5.91 Å². The summed E-state index contributed by atoms with van der Waals surface area (Å²) < 4.78 is 0. The molecule has 0 saturated carbocycles. The first kappa shape index (κ1) is 20.2. The summed E-state index contributed by atoms with van der Waals surface area (Å²) in [7, 11) is 0. The Labute approximate surface area is 145 Å². The van der Waals surface area contributed by atoms with E-state index in [2.05, 4.69) is 67.9 Å². The fourth-order valence-corrected chi connectivity index (χ4v) is 2.58. The van der Waals surface area contributed by atoms with Crippen LogP contribution in [-0.4, -0.2) is 25.0 Å². The SMILES string of the molecule is CCNC(=O)NC(=O)CN[C@@H](c1ccc([C@@H](C)CC)cc1)C(C)C. The van der Waals surface area contributed by atoms with Crippen LogP contribution < -0.4 is 16.0 Å². The number of rotatable bonds is 8. The van der Waals surface area contributed by atoms with Crippen LogP contribution in [0.2, 0.25) is 0 Å². The molecule has 0 aliphatic carbocycles. The molecule has 5 nitrogen and oxygen atoms in total. The highest BCUT2D eigenvalue weighted by atomic mass is 16.2. The molecule has 134 valence electrons. The standard InChI is InChI=1S/C19H31N3O2/c1-6-14(5)15-8-10-16(11-9-15)18(13(3)4)21-12-17(23)22-19(24)20-7-2/h8-11,13-14,18,21H,6-7,12H2,1-5H3,(H2,20,22,23,24)/t14-,18+/m0/s1. The van der Waals surface area contributed by atoms with Gasteiger partial charge in [0.05, 0.1) is 6.54 Å². The lowest BCUT2D eigenvalue weighted by molar-refractivity contribution is -0.119. The lowest BCUT2D eigenvalue weighted by Crippen LogP contribution is -2.44. The van der Waals surface area contributed by atoms with Crippen molar-refractivity contribution in [3.63, 3.8) is 0 Å². The molecule has 1 rings (SSSR count). The Morgan fingerprint density at radius 1 is 1.00 bits per heavy atom. The summed E-state index contributed by atoms with van der Waals surface area (Å²) in [5, 5.41) is 8.10. The predicted octanol–water partition coefficient (Wildman–Crippen LogP) is 3.33. The van der Waals surface area contributed by atoms with E-state index < -0.39 is 6.03 Å². The molecule has 0 radical (unpaired) electrons. The Bertz CT molecular complexity index is 526. The highest BCUT2D eigenvalue weighted by molar-refractivity contribution is 5.95. The van der Waals surface area contributed by atoms with Gasteiger partial charge in [0.1, 0.15) is 0 Å². The number of benzene rings is 1. The van der Waals surface area contributed by atoms with Crippen LogP contribution in [0.15, 0.2) is 24.3 Å². The van der Waals surface area contributed by atoms with E-state index in [1.54, 1.807) is 6.92 Å². The van der Waals surface area contributed by atoms with Crippen molar-refractivity contribution in [2.75, 3.05) is 13.1 Å². The molecule has 3 amide bonds. The van der Waals surface area contributed by atoms with E-state index in [9.17, 15) is 9.59 Å². The van der Waals surface area contributed by atoms with Crippen LogP contribution in [0.4, 0.5) is 4.79 Å². The number of nitrogens with one attached hydrogen (secondary N) is 3.